The highest BCUT2D eigenvalue weighted by Crippen LogP contribution is 2.22. The summed E-state index contributed by atoms with van der Waals surface area (Å²) < 4.78 is 5.49. The Morgan fingerprint density at radius 1 is 1.18 bits per heavy atom. The zero-order valence-electron chi connectivity index (χ0n) is 13.1. The molecule has 0 spiro atoms. The van der Waals surface area contributed by atoms with E-state index in [-0.39, 0.29) is 5.91 Å². The third-order valence-electron chi connectivity index (χ3n) is 4.02. The molecule has 1 amide bonds. The Hall–Kier alpha value is -2.49. The van der Waals surface area contributed by atoms with Gasteiger partial charge in [-0.1, -0.05) is 0 Å². The molecule has 2 aromatic heterocycles. The third-order valence-corrected chi connectivity index (χ3v) is 4.02. The number of nitrogens with one attached hydrogen (secondary N) is 2. The van der Waals surface area contributed by atoms with Gasteiger partial charge in [-0.25, -0.2) is 0 Å². The number of carbonyl (C=O) groups excluding carboxylic acids is 1. The minimum Gasteiger partial charge on any atom is -0.466 e. The Kier molecular flexibility index (Phi) is 3.75. The molecule has 114 valence electrons. The predicted octanol–water partition coefficient (Wildman–Crippen LogP) is 3.66. The number of fused-ring (bicyclic) bond motifs is 1. The highest BCUT2D eigenvalue weighted by Gasteiger charge is 2.10. The van der Waals surface area contributed by atoms with E-state index in [1.165, 1.54) is 5.56 Å². The highest BCUT2D eigenvalue weighted by atomic mass is 16.3. The number of amides is 1. The summed E-state index contributed by atoms with van der Waals surface area (Å²) >= 11 is 0. The van der Waals surface area contributed by atoms with Gasteiger partial charge in [0.2, 0.25) is 0 Å². The monoisotopic (exact) mass is 296 g/mol. The molecule has 0 fully saturated rings. The van der Waals surface area contributed by atoms with Crippen molar-refractivity contribution in [3.63, 3.8) is 0 Å². The Labute approximate surface area is 129 Å². The number of hydrogen-bond acceptors (Lipinski definition) is 2. The van der Waals surface area contributed by atoms with Crippen LogP contribution in [-0.2, 0) is 6.42 Å². The Balaban J connectivity index is 1.68. The summed E-state index contributed by atoms with van der Waals surface area (Å²) in [6, 6.07) is 9.63. The SMILES string of the molecule is Cc1ccc(CCNC(=O)c2ccc3[nH]c(C)c(C)c3c2)o1. The van der Waals surface area contributed by atoms with Gasteiger partial charge >= 0.3 is 0 Å². The number of aromatic amines is 1. The van der Waals surface area contributed by atoms with Gasteiger partial charge in [-0.2, -0.15) is 0 Å². The standard InChI is InChI=1S/C18H20N2O2/c1-11-4-6-15(22-11)8-9-19-18(21)14-5-7-17-16(10-14)12(2)13(3)20-17/h4-7,10,20H,8-9H2,1-3H3,(H,19,21). The number of furan rings is 1. The van der Waals surface area contributed by atoms with E-state index in [0.717, 1.165) is 28.1 Å². The molecule has 3 rings (SSSR count). The molecule has 22 heavy (non-hydrogen) atoms. The molecular weight excluding hydrogens is 276 g/mol. The first kappa shape index (κ1) is 14.4. The van der Waals surface area contributed by atoms with Crippen LogP contribution < -0.4 is 5.32 Å². The summed E-state index contributed by atoms with van der Waals surface area (Å²) in [7, 11) is 0. The maximum absolute atomic E-state index is 12.2. The van der Waals surface area contributed by atoms with E-state index in [1.54, 1.807) is 0 Å². The van der Waals surface area contributed by atoms with E-state index < -0.39 is 0 Å². The van der Waals surface area contributed by atoms with Crippen LogP contribution >= 0.6 is 0 Å². The van der Waals surface area contributed by atoms with Gasteiger partial charge in [-0.05, 0) is 56.7 Å². The lowest BCUT2D eigenvalue weighted by atomic mass is 10.1. The van der Waals surface area contributed by atoms with Crippen molar-refractivity contribution in [2.75, 3.05) is 6.54 Å². The van der Waals surface area contributed by atoms with Crippen molar-refractivity contribution in [3.8, 4) is 0 Å². The van der Waals surface area contributed by atoms with Crippen molar-refractivity contribution in [2.45, 2.75) is 27.2 Å². The fraction of sp³-hybridized carbons (Fsp3) is 0.278. The van der Waals surface area contributed by atoms with Gasteiger partial charge in [0.25, 0.3) is 5.91 Å². The van der Waals surface area contributed by atoms with Crippen molar-refractivity contribution < 1.29 is 9.21 Å². The van der Waals surface area contributed by atoms with Gasteiger partial charge in [-0.3, -0.25) is 4.79 Å². The number of carbonyl (C=O) groups is 1. The van der Waals surface area contributed by atoms with E-state index in [2.05, 4.69) is 17.2 Å². The van der Waals surface area contributed by atoms with Gasteiger partial charge in [0.05, 0.1) is 0 Å². The summed E-state index contributed by atoms with van der Waals surface area (Å²) in [5, 5.41) is 4.04. The molecular formula is C18H20N2O2. The van der Waals surface area contributed by atoms with Gasteiger partial charge in [-0.15, -0.1) is 0 Å². The quantitative estimate of drug-likeness (QED) is 0.772. The predicted molar refractivity (Wildman–Crippen MR) is 87.3 cm³/mol. The molecule has 4 nitrogen and oxygen atoms in total. The number of aromatic nitrogens is 1. The zero-order valence-corrected chi connectivity index (χ0v) is 13.1. The van der Waals surface area contributed by atoms with Gasteiger partial charge in [0.15, 0.2) is 0 Å². The van der Waals surface area contributed by atoms with Crippen LogP contribution in [0.4, 0.5) is 0 Å². The lowest BCUT2D eigenvalue weighted by molar-refractivity contribution is 0.0954. The van der Waals surface area contributed by atoms with Crippen molar-refractivity contribution in [2.24, 2.45) is 0 Å². The van der Waals surface area contributed by atoms with E-state index in [4.69, 9.17) is 4.42 Å². The average molecular weight is 296 g/mol. The summed E-state index contributed by atoms with van der Waals surface area (Å²) in [5.41, 5.74) is 4.08. The van der Waals surface area contributed by atoms with Crippen LogP contribution in [0.25, 0.3) is 10.9 Å². The molecule has 0 aliphatic rings. The molecule has 0 atom stereocenters. The normalized spacial score (nSPS) is 11.0. The summed E-state index contributed by atoms with van der Waals surface area (Å²) in [6.45, 7) is 6.59. The molecule has 0 radical (unpaired) electrons. The number of hydrogen-bond donors (Lipinski definition) is 2. The first-order valence-corrected chi connectivity index (χ1v) is 7.47. The van der Waals surface area contributed by atoms with Crippen molar-refractivity contribution in [1.29, 1.82) is 0 Å². The maximum Gasteiger partial charge on any atom is 0.251 e. The second kappa shape index (κ2) is 5.72. The Bertz CT molecular complexity index is 827. The van der Waals surface area contributed by atoms with Crippen LogP contribution in [0.1, 0.15) is 33.1 Å². The fourth-order valence-electron chi connectivity index (χ4n) is 2.62. The molecule has 1 aromatic carbocycles. The second-order valence-corrected chi connectivity index (χ2v) is 5.65. The number of rotatable bonds is 4. The zero-order chi connectivity index (χ0) is 15.7. The molecule has 0 aliphatic carbocycles. The third kappa shape index (κ3) is 2.77. The fourth-order valence-corrected chi connectivity index (χ4v) is 2.62. The van der Waals surface area contributed by atoms with Crippen LogP contribution in [0.15, 0.2) is 34.7 Å². The molecule has 0 saturated heterocycles. The molecule has 0 saturated carbocycles. The topological polar surface area (TPSA) is 58.0 Å². The smallest absolute Gasteiger partial charge is 0.251 e. The number of H-pyrrole nitrogens is 1. The second-order valence-electron chi connectivity index (χ2n) is 5.65. The molecule has 4 heteroatoms. The van der Waals surface area contributed by atoms with Crippen molar-refractivity contribution in [3.05, 3.63) is 58.7 Å². The van der Waals surface area contributed by atoms with Gasteiger partial charge < -0.3 is 14.7 Å². The van der Waals surface area contributed by atoms with Crippen LogP contribution in [0.3, 0.4) is 0 Å². The van der Waals surface area contributed by atoms with Gasteiger partial charge in [0.1, 0.15) is 11.5 Å². The van der Waals surface area contributed by atoms with Crippen LogP contribution in [0, 0.1) is 20.8 Å². The largest absolute Gasteiger partial charge is 0.466 e. The number of aryl methyl sites for hydroxylation is 3. The van der Waals surface area contributed by atoms with Crippen molar-refractivity contribution in [1.82, 2.24) is 10.3 Å². The van der Waals surface area contributed by atoms with Gasteiger partial charge in [0, 0.05) is 35.1 Å². The Morgan fingerprint density at radius 3 is 2.73 bits per heavy atom. The molecule has 0 unspecified atom stereocenters. The Morgan fingerprint density at radius 2 is 2.00 bits per heavy atom. The molecule has 3 aromatic rings. The summed E-state index contributed by atoms with van der Waals surface area (Å²) in [6.07, 6.45) is 0.699. The molecule has 0 bridgehead atoms. The summed E-state index contributed by atoms with van der Waals surface area (Å²) in [4.78, 5) is 15.6. The van der Waals surface area contributed by atoms with E-state index in [1.807, 2.05) is 44.2 Å². The molecule has 2 heterocycles. The van der Waals surface area contributed by atoms with Crippen LogP contribution in [0.5, 0.6) is 0 Å². The van der Waals surface area contributed by atoms with E-state index in [0.29, 0.717) is 18.5 Å². The first-order chi connectivity index (χ1) is 10.5. The molecule has 0 aliphatic heterocycles. The van der Waals surface area contributed by atoms with E-state index >= 15 is 0 Å². The minimum absolute atomic E-state index is 0.0524. The first-order valence-electron chi connectivity index (χ1n) is 7.47. The number of benzene rings is 1. The lowest BCUT2D eigenvalue weighted by Gasteiger charge is -2.04. The minimum atomic E-state index is -0.0524. The highest BCUT2D eigenvalue weighted by molar-refractivity contribution is 5.99. The van der Waals surface area contributed by atoms with Crippen molar-refractivity contribution >= 4 is 16.8 Å². The summed E-state index contributed by atoms with van der Waals surface area (Å²) in [5.74, 6) is 1.74. The molecule has 2 N–H and O–H groups in total. The van der Waals surface area contributed by atoms with E-state index in [9.17, 15) is 4.79 Å². The lowest BCUT2D eigenvalue weighted by Crippen LogP contribution is -2.25. The average Bonchev–Trinajstić information content (AvgIpc) is 3.03. The van der Waals surface area contributed by atoms with Crippen LogP contribution in [-0.4, -0.2) is 17.4 Å². The van der Waals surface area contributed by atoms with Crippen LogP contribution in [0.2, 0.25) is 0 Å². The maximum atomic E-state index is 12.2.